The summed E-state index contributed by atoms with van der Waals surface area (Å²) in [7, 11) is -9.91. The minimum atomic E-state index is -4.96. The van der Waals surface area contributed by atoms with Crippen molar-refractivity contribution in [2.75, 3.05) is 39.6 Å². The highest BCUT2D eigenvalue weighted by molar-refractivity contribution is 7.47. The van der Waals surface area contributed by atoms with Crippen molar-refractivity contribution in [3.8, 4) is 0 Å². The van der Waals surface area contributed by atoms with Crippen LogP contribution in [-0.2, 0) is 65.4 Å². The highest BCUT2D eigenvalue weighted by Gasteiger charge is 2.30. The van der Waals surface area contributed by atoms with E-state index in [1.165, 1.54) is 250 Å². The Labute approximate surface area is 613 Å². The zero-order valence-corrected chi connectivity index (χ0v) is 67.1. The number of ether oxygens (including phenoxy) is 4. The van der Waals surface area contributed by atoms with Crippen molar-refractivity contribution in [2.24, 2.45) is 5.92 Å². The van der Waals surface area contributed by atoms with Crippen LogP contribution in [-0.4, -0.2) is 96.7 Å². The zero-order chi connectivity index (χ0) is 73.4. The quantitative estimate of drug-likeness (QED) is 0.0222. The van der Waals surface area contributed by atoms with Gasteiger partial charge in [0, 0.05) is 25.7 Å². The molecular weight excluding hydrogens is 1310 g/mol. The fourth-order valence-electron chi connectivity index (χ4n) is 12.6. The Morgan fingerprint density at radius 1 is 0.270 bits per heavy atom. The average molecular weight is 1470 g/mol. The molecule has 0 aliphatic rings. The molecule has 0 aliphatic carbocycles. The number of unbranched alkanes of at least 4 members (excludes halogenated alkanes) is 53. The maximum absolute atomic E-state index is 13.1. The second-order valence-corrected chi connectivity index (χ2v) is 32.5. The zero-order valence-electron chi connectivity index (χ0n) is 65.3. The van der Waals surface area contributed by atoms with E-state index in [4.69, 9.17) is 37.0 Å². The van der Waals surface area contributed by atoms with Crippen LogP contribution in [0.4, 0.5) is 0 Å². The third-order valence-electron chi connectivity index (χ3n) is 19.0. The molecule has 100 heavy (non-hydrogen) atoms. The second kappa shape index (κ2) is 73.9. The molecule has 17 nitrogen and oxygen atoms in total. The smallest absolute Gasteiger partial charge is 0.462 e. The fraction of sp³-hybridized carbons (Fsp3) is 0.951. The van der Waals surface area contributed by atoms with E-state index >= 15 is 0 Å². The van der Waals surface area contributed by atoms with Crippen LogP contribution in [0.25, 0.3) is 0 Å². The first-order chi connectivity index (χ1) is 48.5. The third kappa shape index (κ3) is 74.3. The molecule has 0 rings (SSSR count). The van der Waals surface area contributed by atoms with Crippen molar-refractivity contribution in [2.45, 2.75) is 451 Å². The Kier molecular flexibility index (Phi) is 72.5. The number of esters is 4. The number of phosphoric ester groups is 2. The molecule has 0 heterocycles. The lowest BCUT2D eigenvalue weighted by Crippen LogP contribution is -2.30. The first-order valence-electron chi connectivity index (χ1n) is 42.1. The average Bonchev–Trinajstić information content (AvgIpc) is 0.940. The highest BCUT2D eigenvalue weighted by atomic mass is 31.2. The van der Waals surface area contributed by atoms with Gasteiger partial charge in [-0.2, -0.15) is 0 Å². The largest absolute Gasteiger partial charge is 0.472 e. The number of phosphoric acid groups is 2. The number of hydrogen-bond donors (Lipinski definition) is 3. The molecule has 19 heteroatoms. The van der Waals surface area contributed by atoms with Crippen LogP contribution in [0.2, 0.25) is 0 Å². The van der Waals surface area contributed by atoms with Crippen molar-refractivity contribution >= 4 is 39.5 Å². The summed E-state index contributed by atoms with van der Waals surface area (Å²) in [5.41, 5.74) is 0. The molecule has 3 N–H and O–H groups in total. The van der Waals surface area contributed by atoms with E-state index in [0.29, 0.717) is 25.7 Å². The molecule has 0 aromatic carbocycles. The number of aliphatic hydroxyl groups excluding tert-OH is 1. The monoisotopic (exact) mass is 1470 g/mol. The lowest BCUT2D eigenvalue weighted by Gasteiger charge is -2.21. The molecule has 0 amide bonds. The maximum Gasteiger partial charge on any atom is 0.472 e. The molecule has 0 aromatic rings. The Morgan fingerprint density at radius 3 is 0.680 bits per heavy atom. The van der Waals surface area contributed by atoms with Gasteiger partial charge in [0.05, 0.1) is 26.4 Å². The summed E-state index contributed by atoms with van der Waals surface area (Å²) >= 11 is 0. The van der Waals surface area contributed by atoms with Crippen molar-refractivity contribution in [3.63, 3.8) is 0 Å². The van der Waals surface area contributed by atoms with E-state index in [1.54, 1.807) is 0 Å². The van der Waals surface area contributed by atoms with Gasteiger partial charge in [-0.1, -0.05) is 381 Å². The third-order valence-corrected chi connectivity index (χ3v) is 20.9. The number of aliphatic hydroxyl groups is 1. The molecule has 2 unspecified atom stereocenters. The number of rotatable bonds is 81. The van der Waals surface area contributed by atoms with Crippen LogP contribution in [0.5, 0.6) is 0 Å². The van der Waals surface area contributed by atoms with E-state index in [0.717, 1.165) is 102 Å². The predicted molar refractivity (Wildman–Crippen MR) is 409 cm³/mol. The van der Waals surface area contributed by atoms with E-state index in [2.05, 4.69) is 34.6 Å². The van der Waals surface area contributed by atoms with Crippen molar-refractivity contribution in [3.05, 3.63) is 0 Å². The van der Waals surface area contributed by atoms with Crippen molar-refractivity contribution in [1.82, 2.24) is 0 Å². The Morgan fingerprint density at radius 2 is 0.460 bits per heavy atom. The lowest BCUT2D eigenvalue weighted by molar-refractivity contribution is -0.161. The minimum absolute atomic E-state index is 0.105. The number of hydrogen-bond acceptors (Lipinski definition) is 15. The molecule has 0 bridgehead atoms. The van der Waals surface area contributed by atoms with Crippen LogP contribution in [0, 0.1) is 5.92 Å². The molecule has 0 aromatic heterocycles. The van der Waals surface area contributed by atoms with Gasteiger partial charge in [-0.25, -0.2) is 9.13 Å². The lowest BCUT2D eigenvalue weighted by atomic mass is 10.0. The fourth-order valence-corrected chi connectivity index (χ4v) is 14.2. The van der Waals surface area contributed by atoms with Crippen LogP contribution >= 0.6 is 15.6 Å². The SMILES string of the molecule is CCCCCCCCCCCCCCCCCCCCCCCC(=O)O[C@H](COC(=O)CCCCCCCCCCCCCCCCCCCCCC)COP(=O)(O)OC[C@@H](O)COP(=O)(O)OC[C@@H](COC(=O)CCCCCCCCCC)OC(=O)CCCCCCCCCCC(C)C. The second-order valence-electron chi connectivity index (χ2n) is 29.6. The molecule has 0 radical (unpaired) electrons. The van der Waals surface area contributed by atoms with Crippen LogP contribution in [0.1, 0.15) is 433 Å². The van der Waals surface area contributed by atoms with Gasteiger partial charge >= 0.3 is 39.5 Å². The first-order valence-corrected chi connectivity index (χ1v) is 45.1. The number of carbonyl (C=O) groups is 4. The first kappa shape index (κ1) is 98.1. The summed E-state index contributed by atoms with van der Waals surface area (Å²) in [6.45, 7) is 7.25. The summed E-state index contributed by atoms with van der Waals surface area (Å²) in [4.78, 5) is 72.9. The van der Waals surface area contributed by atoms with E-state index < -0.39 is 97.5 Å². The van der Waals surface area contributed by atoms with Crippen LogP contribution in [0.15, 0.2) is 0 Å². The van der Waals surface area contributed by atoms with Gasteiger partial charge in [0.2, 0.25) is 0 Å². The minimum Gasteiger partial charge on any atom is -0.462 e. The van der Waals surface area contributed by atoms with Gasteiger partial charge in [-0.05, 0) is 31.6 Å². The Bertz CT molecular complexity index is 1910. The summed E-state index contributed by atoms with van der Waals surface area (Å²) in [6, 6.07) is 0. The molecule has 0 spiro atoms. The summed E-state index contributed by atoms with van der Waals surface area (Å²) in [5.74, 6) is -1.40. The van der Waals surface area contributed by atoms with Gasteiger partial charge < -0.3 is 33.8 Å². The molecule has 594 valence electrons. The standard InChI is InChI=1S/C81H158O17P2/c1-6-9-12-15-18-21-23-25-27-29-31-33-35-37-39-41-43-45-51-56-61-66-80(85)97-77(71-92-79(84)65-60-55-50-44-42-40-38-36-34-32-30-28-26-24-22-19-16-13-10-7-2)73-96-100(89,90)94-69-75(82)68-93-99(87,88)95-72-76(70-91-78(83)64-59-54-49-20-17-14-11-8-3)98-81(86)67-62-57-52-47-46-48-53-58-63-74(4)5/h74-77,82H,6-73H2,1-5H3,(H,87,88)(H,89,90)/t75-,76+,77+/m0/s1. The molecule has 0 saturated heterocycles. The van der Waals surface area contributed by atoms with Crippen LogP contribution < -0.4 is 0 Å². The summed E-state index contributed by atoms with van der Waals surface area (Å²) in [6.07, 6.45) is 65.6. The molecule has 0 saturated carbocycles. The molecule has 0 fully saturated rings. The van der Waals surface area contributed by atoms with E-state index in [-0.39, 0.29) is 25.7 Å². The molecule has 5 atom stereocenters. The van der Waals surface area contributed by atoms with E-state index in [9.17, 15) is 43.2 Å². The van der Waals surface area contributed by atoms with Crippen LogP contribution in [0.3, 0.4) is 0 Å². The Balaban J connectivity index is 5.16. The predicted octanol–water partition coefficient (Wildman–Crippen LogP) is 24.4. The van der Waals surface area contributed by atoms with Gasteiger partial charge in [0.25, 0.3) is 0 Å². The van der Waals surface area contributed by atoms with Gasteiger partial charge in [-0.3, -0.25) is 37.3 Å². The summed E-state index contributed by atoms with van der Waals surface area (Å²) in [5, 5.41) is 10.6. The van der Waals surface area contributed by atoms with E-state index in [1.807, 2.05) is 0 Å². The Hall–Kier alpha value is -1.94. The molecule has 0 aliphatic heterocycles. The topological polar surface area (TPSA) is 237 Å². The van der Waals surface area contributed by atoms with Gasteiger partial charge in [0.1, 0.15) is 19.3 Å². The number of carbonyl (C=O) groups excluding carboxylic acids is 4. The van der Waals surface area contributed by atoms with Gasteiger partial charge in [-0.15, -0.1) is 0 Å². The molecular formula is C81H158O17P2. The highest BCUT2D eigenvalue weighted by Crippen LogP contribution is 2.45. The van der Waals surface area contributed by atoms with Crippen molar-refractivity contribution < 1.29 is 80.2 Å². The van der Waals surface area contributed by atoms with Gasteiger partial charge in [0.15, 0.2) is 12.2 Å². The normalized spacial score (nSPS) is 13.8. The summed E-state index contributed by atoms with van der Waals surface area (Å²) < 4.78 is 68.6. The maximum atomic E-state index is 13.1. The van der Waals surface area contributed by atoms with Crippen molar-refractivity contribution in [1.29, 1.82) is 0 Å².